The van der Waals surface area contributed by atoms with E-state index >= 15 is 0 Å². The first-order valence-electron chi connectivity index (χ1n) is 8.43. The van der Waals surface area contributed by atoms with Gasteiger partial charge in [0.1, 0.15) is 0 Å². The molecule has 0 aliphatic carbocycles. The lowest BCUT2D eigenvalue weighted by Crippen LogP contribution is -2.31. The molecule has 0 aliphatic heterocycles. The normalized spacial score (nSPS) is 11.6. The molecule has 6 heteroatoms. The summed E-state index contributed by atoms with van der Waals surface area (Å²) in [5, 5.41) is 7.18. The molecule has 4 nitrogen and oxygen atoms in total. The number of hydrogen-bond donors (Lipinski definition) is 2. The van der Waals surface area contributed by atoms with Gasteiger partial charge in [0, 0.05) is 5.69 Å². The second-order valence-corrected chi connectivity index (χ2v) is 6.91. The highest BCUT2D eigenvalue weighted by Gasteiger charge is 2.14. The molecule has 0 saturated carbocycles. The Labute approximate surface area is 164 Å². The van der Waals surface area contributed by atoms with Crippen LogP contribution in [0.1, 0.15) is 46.9 Å². The van der Waals surface area contributed by atoms with Crippen molar-refractivity contribution in [1.82, 2.24) is 5.32 Å². The van der Waals surface area contributed by atoms with Crippen molar-refractivity contribution in [3.63, 3.8) is 0 Å². The quantitative estimate of drug-likeness (QED) is 0.544. The van der Waals surface area contributed by atoms with Gasteiger partial charge in [0.2, 0.25) is 0 Å². The number of rotatable bonds is 5. The van der Waals surface area contributed by atoms with E-state index < -0.39 is 5.97 Å². The van der Waals surface area contributed by atoms with Gasteiger partial charge in [-0.3, -0.25) is 0 Å². The number of anilines is 1. The molecule has 2 aromatic rings. The molecule has 26 heavy (non-hydrogen) atoms. The summed E-state index contributed by atoms with van der Waals surface area (Å²) in [6.07, 6.45) is 0. The summed E-state index contributed by atoms with van der Waals surface area (Å²) >= 11 is 11.5. The summed E-state index contributed by atoms with van der Waals surface area (Å²) in [4.78, 5) is 12.0. The summed E-state index contributed by atoms with van der Waals surface area (Å²) < 4.78 is 5.02. The highest BCUT2D eigenvalue weighted by molar-refractivity contribution is 7.80. The van der Waals surface area contributed by atoms with Crippen molar-refractivity contribution in [2.75, 3.05) is 11.9 Å². The van der Waals surface area contributed by atoms with Gasteiger partial charge in [-0.25, -0.2) is 4.79 Å². The molecule has 138 valence electrons. The van der Waals surface area contributed by atoms with Gasteiger partial charge < -0.3 is 15.4 Å². The van der Waals surface area contributed by atoms with Gasteiger partial charge in [0.15, 0.2) is 5.11 Å². The van der Waals surface area contributed by atoms with Gasteiger partial charge in [0.05, 0.1) is 23.2 Å². The van der Waals surface area contributed by atoms with Crippen molar-refractivity contribution in [1.29, 1.82) is 0 Å². The fourth-order valence-corrected chi connectivity index (χ4v) is 3.13. The van der Waals surface area contributed by atoms with Crippen molar-refractivity contribution in [2.45, 2.75) is 33.7 Å². The zero-order chi connectivity index (χ0) is 19.3. The summed E-state index contributed by atoms with van der Waals surface area (Å²) in [5.41, 5.74) is 4.58. The Kier molecular flexibility index (Phi) is 7.00. The lowest BCUT2D eigenvalue weighted by atomic mass is 10.0. The van der Waals surface area contributed by atoms with Crippen LogP contribution in [-0.4, -0.2) is 17.7 Å². The average Bonchev–Trinajstić information content (AvgIpc) is 2.58. The molecule has 0 fully saturated rings. The summed E-state index contributed by atoms with van der Waals surface area (Å²) in [6, 6.07) is 11.4. The molecule has 0 radical (unpaired) electrons. The van der Waals surface area contributed by atoms with Crippen molar-refractivity contribution in [3.05, 3.63) is 63.7 Å². The molecule has 0 aliphatic rings. The minimum absolute atomic E-state index is 0.0479. The Hall–Kier alpha value is -2.11. The monoisotopic (exact) mass is 390 g/mol. The van der Waals surface area contributed by atoms with Crippen molar-refractivity contribution in [3.8, 4) is 0 Å². The smallest absolute Gasteiger partial charge is 0.339 e. The number of benzene rings is 2. The van der Waals surface area contributed by atoms with Crippen LogP contribution in [0.2, 0.25) is 5.02 Å². The third-order valence-electron chi connectivity index (χ3n) is 3.97. The fraction of sp³-hybridized carbons (Fsp3) is 0.300. The van der Waals surface area contributed by atoms with Crippen LogP contribution in [0.25, 0.3) is 0 Å². The molecular weight excluding hydrogens is 368 g/mol. The summed E-state index contributed by atoms with van der Waals surface area (Å²) in [5.74, 6) is -0.455. The van der Waals surface area contributed by atoms with Gasteiger partial charge in [-0.15, -0.1) is 0 Å². The maximum absolute atomic E-state index is 12.0. The maximum Gasteiger partial charge on any atom is 0.339 e. The average molecular weight is 391 g/mol. The maximum atomic E-state index is 12.0. The molecule has 2 rings (SSSR count). The number of carbonyl (C=O) groups is 1. The van der Waals surface area contributed by atoms with Crippen LogP contribution >= 0.6 is 23.8 Å². The number of ether oxygens (including phenoxy) is 1. The highest BCUT2D eigenvalue weighted by atomic mass is 35.5. The van der Waals surface area contributed by atoms with E-state index in [1.165, 1.54) is 16.7 Å². The van der Waals surface area contributed by atoms with Crippen LogP contribution < -0.4 is 10.6 Å². The third-order valence-corrected chi connectivity index (χ3v) is 4.52. The minimum Gasteiger partial charge on any atom is -0.462 e. The summed E-state index contributed by atoms with van der Waals surface area (Å²) in [7, 11) is 0. The first-order valence-corrected chi connectivity index (χ1v) is 9.21. The van der Waals surface area contributed by atoms with Crippen molar-refractivity contribution >= 4 is 40.6 Å². The van der Waals surface area contributed by atoms with Gasteiger partial charge in [-0.1, -0.05) is 35.4 Å². The predicted molar refractivity (Wildman–Crippen MR) is 111 cm³/mol. The molecule has 1 unspecified atom stereocenters. The standard InChI is InChI=1S/C20H23ClN2O2S/c1-5-25-19(24)17-11-15(8-9-18(17)21)23-20(26)22-14(4)16-10-12(2)6-7-13(16)3/h6-11,14H,5H2,1-4H3,(H2,22,23,26). The second kappa shape index (κ2) is 9.01. The van der Waals surface area contributed by atoms with Crippen LogP contribution in [0.4, 0.5) is 5.69 Å². The molecule has 2 aromatic carbocycles. The molecule has 2 N–H and O–H groups in total. The SMILES string of the molecule is CCOC(=O)c1cc(NC(=S)NC(C)c2cc(C)ccc2C)ccc1Cl. The van der Waals surface area contributed by atoms with Crippen LogP contribution in [0, 0.1) is 13.8 Å². The lowest BCUT2D eigenvalue weighted by molar-refractivity contribution is 0.0526. The first-order chi connectivity index (χ1) is 12.3. The van der Waals surface area contributed by atoms with Crippen molar-refractivity contribution in [2.24, 2.45) is 0 Å². The Morgan fingerprint density at radius 1 is 1.23 bits per heavy atom. The van der Waals surface area contributed by atoms with Crippen LogP contribution in [-0.2, 0) is 4.74 Å². The molecule has 0 spiro atoms. The summed E-state index contributed by atoms with van der Waals surface area (Å²) in [6.45, 7) is 8.24. The Morgan fingerprint density at radius 3 is 2.65 bits per heavy atom. The fourth-order valence-electron chi connectivity index (χ4n) is 2.64. The molecule has 0 aromatic heterocycles. The number of halogens is 1. The van der Waals surface area contributed by atoms with E-state index in [4.69, 9.17) is 28.6 Å². The van der Waals surface area contributed by atoms with Gasteiger partial charge >= 0.3 is 5.97 Å². The van der Waals surface area contributed by atoms with E-state index in [1.807, 2.05) is 0 Å². The largest absolute Gasteiger partial charge is 0.462 e. The number of thiocarbonyl (C=S) groups is 1. The molecule has 0 bridgehead atoms. The van der Waals surface area contributed by atoms with Crippen LogP contribution in [0.3, 0.4) is 0 Å². The lowest BCUT2D eigenvalue weighted by Gasteiger charge is -2.20. The number of carbonyl (C=O) groups excluding carboxylic acids is 1. The topological polar surface area (TPSA) is 50.4 Å². The predicted octanol–water partition coefficient (Wildman–Crippen LogP) is 5.18. The van der Waals surface area contributed by atoms with Crippen LogP contribution in [0.15, 0.2) is 36.4 Å². The Morgan fingerprint density at radius 2 is 1.96 bits per heavy atom. The number of esters is 1. The van der Waals surface area contributed by atoms with Crippen molar-refractivity contribution < 1.29 is 9.53 Å². The second-order valence-electron chi connectivity index (χ2n) is 6.10. The third kappa shape index (κ3) is 5.19. The minimum atomic E-state index is -0.455. The van der Waals surface area contributed by atoms with Gasteiger partial charge in [-0.2, -0.15) is 0 Å². The van der Waals surface area contributed by atoms with Gasteiger partial charge in [0.25, 0.3) is 0 Å². The van der Waals surface area contributed by atoms with E-state index in [2.05, 4.69) is 49.6 Å². The van der Waals surface area contributed by atoms with E-state index in [1.54, 1.807) is 25.1 Å². The Bertz CT molecular complexity index is 823. The number of hydrogen-bond acceptors (Lipinski definition) is 3. The molecule has 1 atom stereocenters. The van der Waals surface area contributed by atoms with Gasteiger partial charge in [-0.05, 0) is 69.2 Å². The zero-order valence-corrected chi connectivity index (χ0v) is 16.9. The molecule has 0 saturated heterocycles. The molecule has 0 heterocycles. The number of nitrogens with one attached hydrogen (secondary N) is 2. The molecule has 0 amide bonds. The zero-order valence-electron chi connectivity index (χ0n) is 15.4. The van der Waals surface area contributed by atoms with E-state index in [-0.39, 0.29) is 6.04 Å². The Balaban J connectivity index is 2.09. The van der Waals surface area contributed by atoms with E-state index in [0.717, 1.165) is 0 Å². The highest BCUT2D eigenvalue weighted by Crippen LogP contribution is 2.22. The van der Waals surface area contributed by atoms with Crippen LogP contribution in [0.5, 0.6) is 0 Å². The number of aryl methyl sites for hydroxylation is 2. The first kappa shape index (κ1) is 20.2. The molecular formula is C20H23ClN2O2S. The van der Waals surface area contributed by atoms with E-state index in [9.17, 15) is 4.79 Å². The van der Waals surface area contributed by atoms with E-state index in [0.29, 0.717) is 28.0 Å².